The molecule has 0 atom stereocenters. The maximum Gasteiger partial charge on any atom is 0.261 e. The monoisotopic (exact) mass is 257 g/mol. The molecular weight excluding hydrogens is 242 g/mol. The fraction of sp³-hybridized carbons (Fsp3) is 0.231. The molecule has 4 N–H and O–H groups in total. The standard InChI is InChI=1S/C13H15N5O/c1-18-6-8-2-3-10(4-9(8)7-18)16-13(19)11-5-15-17-12(11)14/h2-5H,6-7H2,1H3,(H,16,19)(H3,14,15,17). The molecule has 0 saturated heterocycles. The van der Waals surface area contributed by atoms with Gasteiger partial charge in [0.1, 0.15) is 11.4 Å². The summed E-state index contributed by atoms with van der Waals surface area (Å²) in [7, 11) is 2.07. The van der Waals surface area contributed by atoms with Crippen molar-refractivity contribution in [2.24, 2.45) is 0 Å². The second kappa shape index (κ2) is 4.40. The number of rotatable bonds is 2. The van der Waals surface area contributed by atoms with Gasteiger partial charge in [-0.2, -0.15) is 5.10 Å². The van der Waals surface area contributed by atoms with Crippen LogP contribution in [0.15, 0.2) is 24.4 Å². The zero-order valence-corrected chi connectivity index (χ0v) is 10.6. The van der Waals surface area contributed by atoms with Gasteiger partial charge in [0.15, 0.2) is 0 Å². The minimum Gasteiger partial charge on any atom is -0.383 e. The maximum atomic E-state index is 12.0. The number of carbonyl (C=O) groups excluding carboxylic acids is 1. The molecule has 1 aromatic heterocycles. The van der Waals surface area contributed by atoms with Gasteiger partial charge in [0.2, 0.25) is 0 Å². The fourth-order valence-corrected chi connectivity index (χ4v) is 2.32. The zero-order valence-electron chi connectivity index (χ0n) is 10.6. The lowest BCUT2D eigenvalue weighted by Crippen LogP contribution is -2.13. The molecule has 0 aliphatic carbocycles. The number of H-pyrrole nitrogens is 1. The lowest BCUT2D eigenvalue weighted by molar-refractivity contribution is 0.102. The molecule has 1 aliphatic rings. The van der Waals surface area contributed by atoms with Crippen LogP contribution in [0.25, 0.3) is 0 Å². The number of fused-ring (bicyclic) bond motifs is 1. The summed E-state index contributed by atoms with van der Waals surface area (Å²) in [5, 5.41) is 9.11. The first-order valence-electron chi connectivity index (χ1n) is 6.04. The van der Waals surface area contributed by atoms with Crippen molar-refractivity contribution in [1.82, 2.24) is 15.1 Å². The van der Waals surface area contributed by atoms with Crippen LogP contribution in [0.2, 0.25) is 0 Å². The average Bonchev–Trinajstić information content (AvgIpc) is 2.93. The van der Waals surface area contributed by atoms with Gasteiger partial charge in [-0.05, 0) is 30.3 Å². The van der Waals surface area contributed by atoms with Crippen LogP contribution in [0, 0.1) is 0 Å². The normalized spacial score (nSPS) is 14.4. The van der Waals surface area contributed by atoms with Crippen molar-refractivity contribution in [3.8, 4) is 0 Å². The molecule has 0 fully saturated rings. The summed E-state index contributed by atoms with van der Waals surface area (Å²) < 4.78 is 0. The molecule has 2 heterocycles. The number of aromatic nitrogens is 2. The molecule has 1 aromatic carbocycles. The van der Waals surface area contributed by atoms with E-state index in [0.29, 0.717) is 5.56 Å². The summed E-state index contributed by atoms with van der Waals surface area (Å²) in [6, 6.07) is 5.96. The van der Waals surface area contributed by atoms with Crippen molar-refractivity contribution < 1.29 is 4.79 Å². The minimum atomic E-state index is -0.252. The van der Waals surface area contributed by atoms with E-state index >= 15 is 0 Å². The largest absolute Gasteiger partial charge is 0.383 e. The van der Waals surface area contributed by atoms with Gasteiger partial charge in [0.05, 0.1) is 6.20 Å². The Morgan fingerprint density at radius 1 is 1.42 bits per heavy atom. The quantitative estimate of drug-likeness (QED) is 0.754. The summed E-state index contributed by atoms with van der Waals surface area (Å²) in [6.07, 6.45) is 1.42. The summed E-state index contributed by atoms with van der Waals surface area (Å²) in [4.78, 5) is 14.2. The van der Waals surface area contributed by atoms with E-state index in [1.54, 1.807) is 0 Å². The molecule has 1 aliphatic heterocycles. The lowest BCUT2D eigenvalue weighted by Gasteiger charge is -2.06. The number of nitrogens with one attached hydrogen (secondary N) is 2. The third-order valence-electron chi connectivity index (χ3n) is 3.26. The summed E-state index contributed by atoms with van der Waals surface area (Å²) in [5.41, 5.74) is 9.31. The van der Waals surface area contributed by atoms with E-state index in [9.17, 15) is 4.79 Å². The Morgan fingerprint density at radius 3 is 2.95 bits per heavy atom. The van der Waals surface area contributed by atoms with Gasteiger partial charge in [-0.1, -0.05) is 6.07 Å². The van der Waals surface area contributed by atoms with Crippen molar-refractivity contribution >= 4 is 17.4 Å². The minimum absolute atomic E-state index is 0.252. The highest BCUT2D eigenvalue weighted by Gasteiger charge is 2.17. The molecule has 0 bridgehead atoms. The third-order valence-corrected chi connectivity index (χ3v) is 3.26. The predicted molar refractivity (Wildman–Crippen MR) is 72.6 cm³/mol. The second-order valence-corrected chi connectivity index (χ2v) is 4.81. The SMILES string of the molecule is CN1Cc2ccc(NC(=O)c3cn[nH]c3N)cc2C1. The number of aromatic amines is 1. The molecule has 0 unspecified atom stereocenters. The smallest absolute Gasteiger partial charge is 0.261 e. The number of amides is 1. The number of hydrogen-bond donors (Lipinski definition) is 3. The van der Waals surface area contributed by atoms with Crippen LogP contribution >= 0.6 is 0 Å². The highest BCUT2D eigenvalue weighted by molar-refractivity contribution is 6.07. The van der Waals surface area contributed by atoms with Crippen LogP contribution in [0.5, 0.6) is 0 Å². The molecule has 6 heteroatoms. The van der Waals surface area contributed by atoms with Crippen molar-refractivity contribution in [1.29, 1.82) is 0 Å². The van der Waals surface area contributed by atoms with Gasteiger partial charge in [0.25, 0.3) is 5.91 Å². The number of anilines is 2. The van der Waals surface area contributed by atoms with E-state index in [0.717, 1.165) is 18.8 Å². The van der Waals surface area contributed by atoms with E-state index in [4.69, 9.17) is 5.73 Å². The molecule has 2 aromatic rings. The van der Waals surface area contributed by atoms with Gasteiger partial charge >= 0.3 is 0 Å². The van der Waals surface area contributed by atoms with Crippen LogP contribution < -0.4 is 11.1 Å². The van der Waals surface area contributed by atoms with E-state index in [1.807, 2.05) is 18.2 Å². The van der Waals surface area contributed by atoms with Gasteiger partial charge in [-0.15, -0.1) is 0 Å². The molecule has 0 spiro atoms. The first-order valence-corrected chi connectivity index (χ1v) is 6.04. The Kier molecular flexibility index (Phi) is 2.72. The van der Waals surface area contributed by atoms with Crippen molar-refractivity contribution in [2.75, 3.05) is 18.1 Å². The second-order valence-electron chi connectivity index (χ2n) is 4.81. The maximum absolute atomic E-state index is 12.0. The molecule has 98 valence electrons. The fourth-order valence-electron chi connectivity index (χ4n) is 2.32. The van der Waals surface area contributed by atoms with Gasteiger partial charge in [0, 0.05) is 18.8 Å². The van der Waals surface area contributed by atoms with Gasteiger partial charge in [-0.25, -0.2) is 0 Å². The first kappa shape index (κ1) is 11.7. The average molecular weight is 257 g/mol. The van der Waals surface area contributed by atoms with E-state index in [2.05, 4.69) is 27.5 Å². The number of nitrogen functional groups attached to an aromatic ring is 1. The highest BCUT2D eigenvalue weighted by Crippen LogP contribution is 2.24. The Balaban J connectivity index is 1.80. The van der Waals surface area contributed by atoms with Crippen LogP contribution in [-0.2, 0) is 13.1 Å². The third kappa shape index (κ3) is 2.17. The highest BCUT2D eigenvalue weighted by atomic mass is 16.1. The van der Waals surface area contributed by atoms with Gasteiger partial charge in [-0.3, -0.25) is 14.8 Å². The van der Waals surface area contributed by atoms with Crippen molar-refractivity contribution in [2.45, 2.75) is 13.1 Å². The molecule has 19 heavy (non-hydrogen) atoms. The number of nitrogens with two attached hydrogens (primary N) is 1. The number of benzene rings is 1. The molecule has 6 nitrogen and oxygen atoms in total. The topological polar surface area (TPSA) is 87.0 Å². The van der Waals surface area contributed by atoms with E-state index in [-0.39, 0.29) is 11.7 Å². The predicted octanol–water partition coefficient (Wildman–Crippen LogP) is 1.19. The first-order chi connectivity index (χ1) is 9.13. The van der Waals surface area contributed by atoms with Crippen LogP contribution in [0.3, 0.4) is 0 Å². The van der Waals surface area contributed by atoms with Crippen molar-refractivity contribution in [3.63, 3.8) is 0 Å². The lowest BCUT2D eigenvalue weighted by atomic mass is 10.1. The molecular formula is C13H15N5O. The van der Waals surface area contributed by atoms with Gasteiger partial charge < -0.3 is 11.1 Å². The Labute approximate surface area is 110 Å². The molecule has 1 amide bonds. The number of carbonyl (C=O) groups is 1. The Hall–Kier alpha value is -2.34. The zero-order chi connectivity index (χ0) is 13.4. The van der Waals surface area contributed by atoms with E-state index < -0.39 is 0 Å². The number of nitrogens with zero attached hydrogens (tertiary/aromatic N) is 2. The Morgan fingerprint density at radius 2 is 2.21 bits per heavy atom. The number of hydrogen-bond acceptors (Lipinski definition) is 4. The molecule has 3 rings (SSSR count). The summed E-state index contributed by atoms with van der Waals surface area (Å²) >= 11 is 0. The van der Waals surface area contributed by atoms with Crippen LogP contribution in [0.1, 0.15) is 21.5 Å². The summed E-state index contributed by atoms with van der Waals surface area (Å²) in [5.74, 6) is 0.0240. The summed E-state index contributed by atoms with van der Waals surface area (Å²) in [6.45, 7) is 1.87. The Bertz CT molecular complexity index is 634. The molecule has 0 radical (unpaired) electrons. The van der Waals surface area contributed by atoms with E-state index in [1.165, 1.54) is 17.3 Å². The van der Waals surface area contributed by atoms with Crippen molar-refractivity contribution in [3.05, 3.63) is 41.1 Å². The molecule has 0 saturated carbocycles. The van der Waals surface area contributed by atoms with Crippen LogP contribution in [-0.4, -0.2) is 28.1 Å². The van der Waals surface area contributed by atoms with Crippen LogP contribution in [0.4, 0.5) is 11.5 Å².